The van der Waals surface area contributed by atoms with Gasteiger partial charge in [0.15, 0.2) is 5.75 Å². The van der Waals surface area contributed by atoms with Crippen LogP contribution in [0.3, 0.4) is 0 Å². The first kappa shape index (κ1) is 42.5. The van der Waals surface area contributed by atoms with Crippen molar-refractivity contribution >= 4 is 61.3 Å². The molecule has 6 rings (SSSR count). The number of anilines is 5. The summed E-state index contributed by atoms with van der Waals surface area (Å²) < 4.78 is 50.5. The molecule has 1 saturated heterocycles. The highest BCUT2D eigenvalue weighted by molar-refractivity contribution is 7.92. The van der Waals surface area contributed by atoms with Gasteiger partial charge in [-0.2, -0.15) is 0 Å². The van der Waals surface area contributed by atoms with Gasteiger partial charge in [-0.1, -0.05) is 45.0 Å². The summed E-state index contributed by atoms with van der Waals surface area (Å²) in [5.74, 6) is 1.76. The highest BCUT2D eigenvalue weighted by atomic mass is 32.2. The molecule has 0 radical (unpaired) electrons. The molecule has 0 unspecified atom stereocenters. The first-order valence-corrected chi connectivity index (χ1v) is 21.0. The lowest BCUT2D eigenvalue weighted by Crippen LogP contribution is -2.38. The zero-order valence-electron chi connectivity index (χ0n) is 34.1. The number of urea groups is 1. The molecule has 1 aromatic heterocycles. The zero-order chi connectivity index (χ0) is 42.3. The number of nitrogens with zero attached hydrogens (tertiary/aromatic N) is 3. The van der Waals surface area contributed by atoms with Gasteiger partial charge >= 0.3 is 6.03 Å². The average Bonchev–Trinajstić information content (AvgIpc) is 3.19. The molecule has 0 aliphatic carbocycles. The number of fused-ring (bicyclic) bond motifs is 1. The van der Waals surface area contributed by atoms with E-state index in [1.165, 1.54) is 19.1 Å². The minimum atomic E-state index is -3.72. The van der Waals surface area contributed by atoms with Crippen LogP contribution < -0.4 is 40.2 Å². The molecule has 1 aliphatic rings. The number of carbonyl (C=O) groups excluding carboxylic acids is 2. The Bertz CT molecular complexity index is 2430. The maximum Gasteiger partial charge on any atom is 0.324 e. The van der Waals surface area contributed by atoms with Crippen molar-refractivity contribution in [1.29, 1.82) is 0 Å². The third kappa shape index (κ3) is 10.5. The van der Waals surface area contributed by atoms with E-state index in [2.05, 4.69) is 25.2 Å². The van der Waals surface area contributed by atoms with Crippen LogP contribution in [0.1, 0.15) is 43.1 Å². The number of rotatable bonds is 15. The van der Waals surface area contributed by atoms with Crippen molar-refractivity contribution < 1.29 is 37.0 Å². The molecule has 59 heavy (non-hydrogen) atoms. The summed E-state index contributed by atoms with van der Waals surface area (Å²) in [7, 11) is -0.801. The summed E-state index contributed by atoms with van der Waals surface area (Å²) in [5.41, 5.74) is 8.32. The number of aromatic nitrogens is 1. The number of benzene rings is 4. The average molecular weight is 826 g/mol. The van der Waals surface area contributed by atoms with Gasteiger partial charge in [0.05, 0.1) is 56.3 Å². The van der Waals surface area contributed by atoms with Gasteiger partial charge in [-0.05, 0) is 66.4 Å². The highest BCUT2D eigenvalue weighted by Gasteiger charge is 2.28. The monoisotopic (exact) mass is 825 g/mol. The molecule has 0 saturated carbocycles. The van der Waals surface area contributed by atoms with Crippen molar-refractivity contribution in [3.63, 3.8) is 0 Å². The second-order valence-electron chi connectivity index (χ2n) is 15.1. The molecule has 16 heteroatoms. The topological polar surface area (TPSA) is 187 Å². The Balaban J connectivity index is 1.24. The fraction of sp³-hybridized carbons (Fsp3) is 0.326. The van der Waals surface area contributed by atoms with Crippen molar-refractivity contribution in [2.45, 2.75) is 32.6 Å². The van der Waals surface area contributed by atoms with Crippen LogP contribution in [0.5, 0.6) is 23.0 Å². The summed E-state index contributed by atoms with van der Waals surface area (Å²) in [6, 6.07) is 22.2. The Morgan fingerprint density at radius 3 is 2.34 bits per heavy atom. The molecule has 5 aromatic rings. The van der Waals surface area contributed by atoms with Crippen molar-refractivity contribution in [2.24, 2.45) is 5.73 Å². The van der Waals surface area contributed by atoms with Crippen LogP contribution in [0, 0.1) is 0 Å². The third-order valence-corrected chi connectivity index (χ3v) is 10.3. The van der Waals surface area contributed by atoms with Crippen LogP contribution in [0.25, 0.3) is 10.8 Å². The lowest BCUT2D eigenvalue weighted by molar-refractivity contribution is 0.0374. The number of nitrogens with two attached hydrogens (primary N) is 1. The quantitative estimate of drug-likeness (QED) is 0.0788. The lowest BCUT2D eigenvalue weighted by Gasteiger charge is -2.29. The second-order valence-corrected chi connectivity index (χ2v) is 16.8. The second kappa shape index (κ2) is 18.2. The van der Waals surface area contributed by atoms with E-state index in [1.54, 1.807) is 60.8 Å². The van der Waals surface area contributed by atoms with Crippen molar-refractivity contribution in [3.05, 3.63) is 96.2 Å². The van der Waals surface area contributed by atoms with Crippen LogP contribution in [0.4, 0.5) is 33.4 Å². The number of amides is 3. The molecule has 312 valence electrons. The van der Waals surface area contributed by atoms with Gasteiger partial charge in [-0.15, -0.1) is 0 Å². The van der Waals surface area contributed by atoms with E-state index >= 15 is 0 Å². The number of carbonyl (C=O) groups is 2. The van der Waals surface area contributed by atoms with E-state index in [-0.39, 0.29) is 23.0 Å². The minimum absolute atomic E-state index is 0.120. The van der Waals surface area contributed by atoms with Gasteiger partial charge in [0, 0.05) is 54.4 Å². The molecular weight excluding hydrogens is 775 g/mol. The predicted octanol–water partition coefficient (Wildman–Crippen LogP) is 7.13. The largest absolute Gasteiger partial charge is 0.496 e. The van der Waals surface area contributed by atoms with E-state index < -0.39 is 21.5 Å². The predicted molar refractivity (Wildman–Crippen MR) is 231 cm³/mol. The Kier molecular flexibility index (Phi) is 13.1. The van der Waals surface area contributed by atoms with E-state index in [1.807, 2.05) is 45.0 Å². The Morgan fingerprint density at radius 1 is 0.915 bits per heavy atom. The fourth-order valence-electron chi connectivity index (χ4n) is 6.81. The van der Waals surface area contributed by atoms with Crippen molar-refractivity contribution in [2.75, 3.05) is 74.8 Å². The number of hydrogen-bond acceptors (Lipinski definition) is 11. The molecule has 4 aromatic carbocycles. The summed E-state index contributed by atoms with van der Waals surface area (Å²) in [5, 5.41) is 7.55. The Labute approximate surface area is 344 Å². The van der Waals surface area contributed by atoms with Gasteiger partial charge < -0.3 is 35.3 Å². The number of hydrogen-bond donors (Lipinski definition) is 4. The van der Waals surface area contributed by atoms with Crippen molar-refractivity contribution in [3.8, 4) is 23.0 Å². The molecule has 1 aliphatic heterocycles. The molecule has 0 atom stereocenters. The first-order valence-electron chi connectivity index (χ1n) is 19.1. The standard InChI is InChI=1S/C43H51N7O8S/c1-43(2,3)28-24-34(48-59(6,53)54)40(56-5)36(25-28)50(42(44)52)35-14-15-37(32-11-8-7-10-31(32)35)58-30-16-18-45-39(27-30)47-29-12-13-33(38(26-29)55-4)41(51)46-17-9-19-49-20-22-57-23-21-49/h7-8,10-16,18,24-27,48H,9,17,19-23H2,1-6H3,(H2,44,52)(H,45,47)(H,46,51). The van der Waals surface area contributed by atoms with Gasteiger partial charge in [0.2, 0.25) is 10.0 Å². The SMILES string of the molecule is COc1cc(Nc2cc(Oc3ccc(N(C(N)=O)c4cc(C(C)(C)C)cc(NS(C)(=O)=O)c4OC)c4ccccc34)ccn2)ccc1C(=O)NCCCN1CCOCC1. The molecule has 0 bridgehead atoms. The Morgan fingerprint density at radius 2 is 1.66 bits per heavy atom. The maximum atomic E-state index is 13.4. The number of nitrogens with one attached hydrogen (secondary N) is 3. The van der Waals surface area contributed by atoms with Crippen LogP contribution in [0.15, 0.2) is 85.1 Å². The number of methoxy groups -OCH3 is 2. The van der Waals surface area contributed by atoms with Gasteiger partial charge in [-0.25, -0.2) is 18.2 Å². The smallest absolute Gasteiger partial charge is 0.324 e. The molecule has 1 fully saturated rings. The molecule has 2 heterocycles. The highest BCUT2D eigenvalue weighted by Crippen LogP contribution is 2.46. The number of morpholine rings is 1. The summed E-state index contributed by atoms with van der Waals surface area (Å²) in [6.07, 6.45) is 3.48. The van der Waals surface area contributed by atoms with E-state index in [0.29, 0.717) is 57.3 Å². The maximum absolute atomic E-state index is 13.4. The Hall–Kier alpha value is -6.10. The van der Waals surface area contributed by atoms with Crippen LogP contribution >= 0.6 is 0 Å². The van der Waals surface area contributed by atoms with Crippen LogP contribution in [-0.2, 0) is 20.2 Å². The molecular formula is C43H51N7O8S. The van der Waals surface area contributed by atoms with Crippen LogP contribution in [-0.4, -0.2) is 90.1 Å². The fourth-order valence-corrected chi connectivity index (χ4v) is 7.36. The zero-order valence-corrected chi connectivity index (χ0v) is 34.9. The number of pyridine rings is 1. The summed E-state index contributed by atoms with van der Waals surface area (Å²) in [4.78, 5) is 34.5. The van der Waals surface area contributed by atoms with E-state index in [0.717, 1.165) is 51.1 Å². The minimum Gasteiger partial charge on any atom is -0.496 e. The van der Waals surface area contributed by atoms with Gasteiger partial charge in [-0.3, -0.25) is 19.3 Å². The normalized spacial score (nSPS) is 13.4. The number of sulfonamides is 1. The van der Waals surface area contributed by atoms with Crippen molar-refractivity contribution in [1.82, 2.24) is 15.2 Å². The number of primary amides is 1. The van der Waals surface area contributed by atoms with Crippen LogP contribution in [0.2, 0.25) is 0 Å². The molecule has 15 nitrogen and oxygen atoms in total. The lowest BCUT2D eigenvalue weighted by atomic mass is 9.86. The number of ether oxygens (including phenoxy) is 4. The van der Waals surface area contributed by atoms with E-state index in [9.17, 15) is 18.0 Å². The molecule has 5 N–H and O–H groups in total. The first-order chi connectivity index (χ1) is 28.1. The van der Waals surface area contributed by atoms with Gasteiger partial charge in [0.25, 0.3) is 5.91 Å². The summed E-state index contributed by atoms with van der Waals surface area (Å²) >= 11 is 0. The summed E-state index contributed by atoms with van der Waals surface area (Å²) in [6.45, 7) is 10.7. The van der Waals surface area contributed by atoms with Gasteiger partial charge in [0.1, 0.15) is 23.1 Å². The molecule has 3 amide bonds. The third-order valence-electron chi connectivity index (χ3n) is 9.72. The molecule has 0 spiro atoms. The van der Waals surface area contributed by atoms with E-state index in [4.69, 9.17) is 24.7 Å².